The van der Waals surface area contributed by atoms with Crippen LogP contribution in [-0.4, -0.2) is 19.7 Å². The van der Waals surface area contributed by atoms with E-state index in [1.807, 2.05) is 23.7 Å². The van der Waals surface area contributed by atoms with Gasteiger partial charge in [0.15, 0.2) is 0 Å². The van der Waals surface area contributed by atoms with Gasteiger partial charge in [0.1, 0.15) is 16.5 Å². The van der Waals surface area contributed by atoms with Gasteiger partial charge in [0.25, 0.3) is 0 Å². The number of aryl methyl sites for hydroxylation is 1. The molecule has 0 unspecified atom stereocenters. The Kier molecular flexibility index (Phi) is 4.75. The van der Waals surface area contributed by atoms with Crippen LogP contribution in [0.25, 0.3) is 11.3 Å². The zero-order valence-electron chi connectivity index (χ0n) is 15.8. The number of halogens is 2. The van der Waals surface area contributed by atoms with Crippen molar-refractivity contribution in [2.24, 2.45) is 7.05 Å². The quantitative estimate of drug-likeness (QED) is 0.471. The zero-order valence-corrected chi connectivity index (χ0v) is 17.4. The molecule has 0 bridgehead atoms. The summed E-state index contributed by atoms with van der Waals surface area (Å²) in [6.07, 6.45) is 2.61. The normalized spacial score (nSPS) is 18.0. The van der Waals surface area contributed by atoms with E-state index in [4.69, 9.17) is 16.0 Å². The molecule has 0 spiro atoms. The Bertz CT molecular complexity index is 1280. The number of rotatable bonds is 5. The molecule has 1 aliphatic rings. The number of nitrogens with zero attached hydrogens (tertiary/aromatic N) is 3. The third-order valence-electron chi connectivity index (χ3n) is 5.16. The molecule has 6 nitrogen and oxygen atoms in total. The maximum Gasteiger partial charge on any atom is 0.434 e. The van der Waals surface area contributed by atoms with Crippen LogP contribution in [0.3, 0.4) is 0 Å². The molecule has 1 saturated carbocycles. The van der Waals surface area contributed by atoms with Gasteiger partial charge in [-0.25, -0.2) is 19.3 Å². The molecule has 9 heteroatoms. The highest BCUT2D eigenvalue weighted by Crippen LogP contribution is 2.54. The van der Waals surface area contributed by atoms with Crippen molar-refractivity contribution in [3.05, 3.63) is 81.6 Å². The van der Waals surface area contributed by atoms with Crippen molar-refractivity contribution in [1.82, 2.24) is 19.7 Å². The Labute approximate surface area is 180 Å². The SMILES string of the molecule is Cn1cnc(-c2ccc([C@H]3C[C@@H]3c3n[nH]c(=O)o3)cc2)c1Sc1ccc(Cl)cc1F. The fourth-order valence-electron chi connectivity index (χ4n) is 3.52. The summed E-state index contributed by atoms with van der Waals surface area (Å²) in [4.78, 5) is 16.1. The Morgan fingerprint density at radius 3 is 2.73 bits per heavy atom. The lowest BCUT2D eigenvalue weighted by Crippen LogP contribution is -1.93. The maximum absolute atomic E-state index is 14.3. The van der Waals surface area contributed by atoms with E-state index in [1.54, 1.807) is 18.5 Å². The van der Waals surface area contributed by atoms with Gasteiger partial charge in [0.2, 0.25) is 5.89 Å². The van der Waals surface area contributed by atoms with Crippen LogP contribution < -0.4 is 5.76 Å². The molecule has 0 radical (unpaired) electrons. The summed E-state index contributed by atoms with van der Waals surface area (Å²) < 4.78 is 21.2. The van der Waals surface area contributed by atoms with Crippen LogP contribution in [0.15, 0.2) is 67.9 Å². The molecule has 5 rings (SSSR count). The third kappa shape index (κ3) is 3.57. The minimum absolute atomic E-state index is 0.128. The first kappa shape index (κ1) is 19.1. The van der Waals surface area contributed by atoms with Gasteiger partial charge in [-0.05, 0) is 36.1 Å². The van der Waals surface area contributed by atoms with E-state index in [2.05, 4.69) is 27.3 Å². The molecule has 0 aliphatic heterocycles. The van der Waals surface area contributed by atoms with E-state index in [1.165, 1.54) is 17.8 Å². The topological polar surface area (TPSA) is 76.7 Å². The highest BCUT2D eigenvalue weighted by Gasteiger charge is 2.43. The fourth-order valence-corrected chi connectivity index (χ4v) is 4.64. The fraction of sp³-hybridized carbons (Fsp3) is 0.190. The molecule has 0 amide bonds. The minimum Gasteiger partial charge on any atom is -0.392 e. The van der Waals surface area contributed by atoms with E-state index >= 15 is 0 Å². The van der Waals surface area contributed by atoms with Crippen molar-refractivity contribution in [2.75, 3.05) is 0 Å². The first-order valence-corrected chi connectivity index (χ1v) is 10.5. The molecule has 4 aromatic rings. The molecule has 2 aromatic heterocycles. The van der Waals surface area contributed by atoms with Gasteiger partial charge in [0, 0.05) is 28.4 Å². The summed E-state index contributed by atoms with van der Waals surface area (Å²) >= 11 is 7.17. The van der Waals surface area contributed by atoms with Crippen molar-refractivity contribution in [3.63, 3.8) is 0 Å². The van der Waals surface area contributed by atoms with E-state index in [0.717, 1.165) is 28.3 Å². The average Bonchev–Trinajstić information content (AvgIpc) is 3.28. The molecular weight excluding hydrogens is 427 g/mol. The summed E-state index contributed by atoms with van der Waals surface area (Å²) in [5, 5.41) is 7.44. The summed E-state index contributed by atoms with van der Waals surface area (Å²) in [7, 11) is 1.88. The molecule has 152 valence electrons. The maximum atomic E-state index is 14.3. The third-order valence-corrected chi connectivity index (χ3v) is 6.62. The van der Waals surface area contributed by atoms with Crippen LogP contribution in [0.1, 0.15) is 29.7 Å². The van der Waals surface area contributed by atoms with Gasteiger partial charge in [-0.3, -0.25) is 0 Å². The molecule has 2 heterocycles. The predicted molar refractivity (Wildman–Crippen MR) is 111 cm³/mol. The average molecular weight is 443 g/mol. The van der Waals surface area contributed by atoms with Crippen LogP contribution in [0.5, 0.6) is 0 Å². The Balaban J connectivity index is 1.38. The molecular formula is C21H16ClFN4O2S. The van der Waals surface area contributed by atoms with Crippen LogP contribution in [-0.2, 0) is 7.05 Å². The Hall–Kier alpha value is -2.84. The summed E-state index contributed by atoms with van der Waals surface area (Å²) in [6.45, 7) is 0. The second-order valence-corrected chi connectivity index (χ2v) is 8.68. The lowest BCUT2D eigenvalue weighted by Gasteiger charge is -2.08. The predicted octanol–water partition coefficient (Wildman–Crippen LogP) is 4.98. The van der Waals surface area contributed by atoms with Gasteiger partial charge < -0.3 is 8.98 Å². The van der Waals surface area contributed by atoms with Gasteiger partial charge in [-0.2, -0.15) is 0 Å². The molecule has 1 N–H and O–H groups in total. The van der Waals surface area contributed by atoms with Gasteiger partial charge in [-0.15, -0.1) is 5.10 Å². The number of aromatic nitrogens is 4. The number of aromatic amines is 1. The highest BCUT2D eigenvalue weighted by molar-refractivity contribution is 7.99. The summed E-state index contributed by atoms with van der Waals surface area (Å²) in [6, 6.07) is 12.8. The lowest BCUT2D eigenvalue weighted by molar-refractivity contribution is 0.461. The van der Waals surface area contributed by atoms with E-state index in [-0.39, 0.29) is 17.7 Å². The van der Waals surface area contributed by atoms with E-state index in [0.29, 0.717) is 15.8 Å². The Morgan fingerprint density at radius 2 is 2.03 bits per heavy atom. The van der Waals surface area contributed by atoms with E-state index in [9.17, 15) is 9.18 Å². The monoisotopic (exact) mass is 442 g/mol. The second-order valence-electron chi connectivity index (χ2n) is 7.21. The second kappa shape index (κ2) is 7.45. The highest BCUT2D eigenvalue weighted by atomic mass is 35.5. The standard InChI is InChI=1S/C21H16ClFN4O2S/c1-27-10-24-18(20(27)30-17-7-6-13(22)8-16(17)23)12-4-2-11(3-5-12)14-9-15(14)19-25-26-21(28)29-19/h2-8,10,14-15H,9H2,1H3,(H,26,28)/t14-,15+/m1/s1. The lowest BCUT2D eigenvalue weighted by atomic mass is 10.1. The van der Waals surface area contributed by atoms with E-state index < -0.39 is 5.76 Å². The number of nitrogens with one attached hydrogen (secondary N) is 1. The number of benzene rings is 2. The van der Waals surface area contributed by atoms with Gasteiger partial charge >= 0.3 is 5.76 Å². The molecule has 30 heavy (non-hydrogen) atoms. The van der Waals surface area contributed by atoms with Gasteiger partial charge in [-0.1, -0.05) is 47.6 Å². The first-order valence-electron chi connectivity index (χ1n) is 9.29. The largest absolute Gasteiger partial charge is 0.434 e. The number of hydrogen-bond donors (Lipinski definition) is 1. The minimum atomic E-state index is -0.525. The first-order chi connectivity index (χ1) is 14.5. The molecule has 1 fully saturated rings. The zero-order chi connectivity index (χ0) is 20.8. The molecule has 0 saturated heterocycles. The van der Waals surface area contributed by atoms with Crippen LogP contribution in [0.4, 0.5) is 4.39 Å². The molecule has 1 aliphatic carbocycles. The Morgan fingerprint density at radius 1 is 1.23 bits per heavy atom. The molecule has 2 aromatic carbocycles. The molecule has 2 atom stereocenters. The van der Waals surface area contributed by atoms with Crippen molar-refractivity contribution < 1.29 is 8.81 Å². The van der Waals surface area contributed by atoms with Crippen LogP contribution >= 0.6 is 23.4 Å². The van der Waals surface area contributed by atoms with Crippen molar-refractivity contribution in [1.29, 1.82) is 0 Å². The van der Waals surface area contributed by atoms with Crippen molar-refractivity contribution >= 4 is 23.4 Å². The summed E-state index contributed by atoms with van der Waals surface area (Å²) in [5.41, 5.74) is 2.89. The van der Waals surface area contributed by atoms with Crippen LogP contribution in [0, 0.1) is 5.82 Å². The smallest absolute Gasteiger partial charge is 0.392 e. The summed E-state index contributed by atoms with van der Waals surface area (Å²) in [5.74, 6) is -0.0135. The number of hydrogen-bond acceptors (Lipinski definition) is 5. The van der Waals surface area contributed by atoms with Crippen LogP contribution in [0.2, 0.25) is 5.02 Å². The number of imidazole rings is 1. The van der Waals surface area contributed by atoms with Crippen molar-refractivity contribution in [3.8, 4) is 11.3 Å². The van der Waals surface area contributed by atoms with Crippen molar-refractivity contribution in [2.45, 2.75) is 28.2 Å². The van der Waals surface area contributed by atoms with Gasteiger partial charge in [0.05, 0.1) is 6.33 Å². The number of H-pyrrole nitrogens is 1.